The number of aromatic nitrogens is 1. The van der Waals surface area contributed by atoms with E-state index >= 15 is 0 Å². The third-order valence-electron chi connectivity index (χ3n) is 2.45. The first-order valence-electron chi connectivity index (χ1n) is 4.77. The molecule has 0 amide bonds. The molecule has 0 fully saturated rings. The lowest BCUT2D eigenvalue weighted by atomic mass is 10.2. The number of para-hydroxylation sites is 1. The summed E-state index contributed by atoms with van der Waals surface area (Å²) in [5, 5.41) is 10.4. The predicted octanol–water partition coefficient (Wildman–Crippen LogP) is 1.05. The van der Waals surface area contributed by atoms with Gasteiger partial charge in [-0.25, -0.2) is 4.79 Å². The Balaban J connectivity index is 2.47. The van der Waals surface area contributed by atoms with Gasteiger partial charge in [0.1, 0.15) is 11.8 Å². The third-order valence-corrected chi connectivity index (χ3v) is 2.45. The number of esters is 1. The smallest absolute Gasteiger partial charge is 0.328 e. The molecule has 0 spiro atoms. The molecule has 0 saturated carbocycles. The lowest BCUT2D eigenvalue weighted by molar-refractivity contribution is -0.142. The van der Waals surface area contributed by atoms with E-state index < -0.39 is 12.0 Å². The summed E-state index contributed by atoms with van der Waals surface area (Å²) >= 11 is 0. The number of carbonyl (C=O) groups is 1. The summed E-state index contributed by atoms with van der Waals surface area (Å²) < 4.78 is 4.55. The van der Waals surface area contributed by atoms with E-state index in [2.05, 4.69) is 9.72 Å². The maximum Gasteiger partial charge on any atom is 0.328 e. The van der Waals surface area contributed by atoms with Crippen molar-refractivity contribution in [2.45, 2.75) is 6.04 Å². The fourth-order valence-electron chi connectivity index (χ4n) is 1.58. The topological polar surface area (TPSA) is 88.3 Å². The highest BCUT2D eigenvalue weighted by atomic mass is 16.5. The zero-order chi connectivity index (χ0) is 11.7. The summed E-state index contributed by atoms with van der Waals surface area (Å²) in [6.07, 6.45) is 0. The molecule has 84 valence electrons. The van der Waals surface area contributed by atoms with Gasteiger partial charge in [-0.15, -0.1) is 0 Å². The number of aromatic hydroxyl groups is 1. The van der Waals surface area contributed by atoms with Crippen molar-refractivity contribution in [3.63, 3.8) is 0 Å². The molecule has 0 aliphatic carbocycles. The van der Waals surface area contributed by atoms with Crippen molar-refractivity contribution in [3.8, 4) is 5.75 Å². The number of H-pyrrole nitrogens is 1. The summed E-state index contributed by atoms with van der Waals surface area (Å²) in [5.41, 5.74) is 6.76. The zero-order valence-corrected chi connectivity index (χ0v) is 8.73. The number of methoxy groups -OCH3 is 1. The van der Waals surface area contributed by atoms with E-state index in [1.54, 1.807) is 18.2 Å². The van der Waals surface area contributed by atoms with E-state index in [0.717, 1.165) is 5.39 Å². The highest BCUT2D eigenvalue weighted by Gasteiger charge is 2.18. The van der Waals surface area contributed by atoms with Gasteiger partial charge in [-0.05, 0) is 12.1 Å². The second-order valence-electron chi connectivity index (χ2n) is 3.47. The minimum Gasteiger partial charge on any atom is -0.506 e. The van der Waals surface area contributed by atoms with Gasteiger partial charge in [-0.1, -0.05) is 12.1 Å². The predicted molar refractivity (Wildman–Crippen MR) is 58.9 cm³/mol. The number of ether oxygens (including phenoxy) is 1. The average molecular weight is 220 g/mol. The second-order valence-corrected chi connectivity index (χ2v) is 3.47. The molecular weight excluding hydrogens is 208 g/mol. The summed E-state index contributed by atoms with van der Waals surface area (Å²) in [6, 6.07) is 5.96. The minimum atomic E-state index is -0.864. The Hall–Kier alpha value is -2.01. The molecule has 0 radical (unpaired) electrons. The summed E-state index contributed by atoms with van der Waals surface area (Å²) in [5.74, 6) is -0.396. The molecule has 0 aliphatic rings. The molecule has 5 nitrogen and oxygen atoms in total. The molecular formula is C11H12N2O3. The minimum absolute atomic E-state index is 0.126. The van der Waals surface area contributed by atoms with Crippen molar-refractivity contribution in [1.29, 1.82) is 0 Å². The Morgan fingerprint density at radius 2 is 2.31 bits per heavy atom. The zero-order valence-electron chi connectivity index (χ0n) is 8.73. The quantitative estimate of drug-likeness (QED) is 0.660. The number of fused-ring (bicyclic) bond motifs is 1. The number of carbonyl (C=O) groups excluding carboxylic acids is 1. The standard InChI is InChI=1S/C11H12N2O3/c1-16-11(15)9(12)7-5-6-3-2-4-8(14)10(6)13-7/h2-5,9,13-14H,12H2,1H3. The van der Waals surface area contributed by atoms with Crippen molar-refractivity contribution in [2.24, 2.45) is 5.73 Å². The van der Waals surface area contributed by atoms with Gasteiger partial charge in [-0.2, -0.15) is 0 Å². The number of hydrogen-bond donors (Lipinski definition) is 3. The lowest BCUT2D eigenvalue weighted by Gasteiger charge is -2.05. The largest absolute Gasteiger partial charge is 0.506 e. The van der Waals surface area contributed by atoms with E-state index in [1.165, 1.54) is 7.11 Å². The van der Waals surface area contributed by atoms with Gasteiger partial charge < -0.3 is 20.6 Å². The van der Waals surface area contributed by atoms with E-state index in [1.807, 2.05) is 6.07 Å². The Labute approximate surface area is 91.8 Å². The molecule has 0 aliphatic heterocycles. The van der Waals surface area contributed by atoms with Crippen LogP contribution < -0.4 is 5.73 Å². The van der Waals surface area contributed by atoms with Gasteiger partial charge in [0.15, 0.2) is 0 Å². The normalized spacial score (nSPS) is 12.6. The van der Waals surface area contributed by atoms with Crippen molar-refractivity contribution < 1.29 is 14.6 Å². The van der Waals surface area contributed by atoms with Crippen LogP contribution >= 0.6 is 0 Å². The van der Waals surface area contributed by atoms with Crippen LogP contribution in [0.15, 0.2) is 24.3 Å². The monoisotopic (exact) mass is 220 g/mol. The summed E-state index contributed by atoms with van der Waals surface area (Å²) in [7, 11) is 1.28. The molecule has 1 aromatic heterocycles. The number of hydrogen-bond acceptors (Lipinski definition) is 4. The van der Waals surface area contributed by atoms with Crippen LogP contribution in [-0.4, -0.2) is 23.2 Å². The van der Waals surface area contributed by atoms with Crippen LogP contribution in [0.25, 0.3) is 10.9 Å². The van der Waals surface area contributed by atoms with Crippen LogP contribution in [0.1, 0.15) is 11.7 Å². The molecule has 1 heterocycles. The Bertz CT molecular complexity index is 533. The number of nitrogens with two attached hydrogens (primary N) is 1. The van der Waals surface area contributed by atoms with Crippen molar-refractivity contribution in [3.05, 3.63) is 30.0 Å². The molecule has 0 bridgehead atoms. The molecule has 2 rings (SSSR count). The Morgan fingerprint density at radius 3 is 2.94 bits per heavy atom. The van der Waals surface area contributed by atoms with Crippen LogP contribution in [-0.2, 0) is 9.53 Å². The summed E-state index contributed by atoms with van der Waals surface area (Å²) in [4.78, 5) is 14.1. The van der Waals surface area contributed by atoms with E-state index in [4.69, 9.17) is 5.73 Å². The maximum atomic E-state index is 11.2. The van der Waals surface area contributed by atoms with Gasteiger partial charge in [0.25, 0.3) is 0 Å². The van der Waals surface area contributed by atoms with Crippen LogP contribution in [0.2, 0.25) is 0 Å². The van der Waals surface area contributed by atoms with Gasteiger partial charge in [-0.3, -0.25) is 0 Å². The number of benzene rings is 1. The molecule has 16 heavy (non-hydrogen) atoms. The van der Waals surface area contributed by atoms with Gasteiger partial charge in [0, 0.05) is 11.1 Å². The fraction of sp³-hybridized carbons (Fsp3) is 0.182. The number of phenolic OH excluding ortho intramolecular Hbond substituents is 1. The average Bonchev–Trinajstić information content (AvgIpc) is 2.72. The van der Waals surface area contributed by atoms with E-state index in [9.17, 15) is 9.90 Å². The van der Waals surface area contributed by atoms with Gasteiger partial charge in [0.2, 0.25) is 0 Å². The highest BCUT2D eigenvalue weighted by molar-refractivity contribution is 5.87. The third kappa shape index (κ3) is 1.61. The second kappa shape index (κ2) is 3.86. The first kappa shape index (κ1) is 10.5. The molecule has 0 saturated heterocycles. The first-order chi connectivity index (χ1) is 7.63. The number of aromatic amines is 1. The molecule has 4 N–H and O–H groups in total. The maximum absolute atomic E-state index is 11.2. The number of rotatable bonds is 2. The summed E-state index contributed by atoms with van der Waals surface area (Å²) in [6.45, 7) is 0. The lowest BCUT2D eigenvalue weighted by Crippen LogP contribution is -2.22. The molecule has 5 heteroatoms. The van der Waals surface area contributed by atoms with E-state index in [0.29, 0.717) is 11.2 Å². The molecule has 2 aromatic rings. The van der Waals surface area contributed by atoms with Crippen LogP contribution in [0.4, 0.5) is 0 Å². The van der Waals surface area contributed by atoms with Crippen LogP contribution in [0, 0.1) is 0 Å². The first-order valence-corrected chi connectivity index (χ1v) is 4.77. The number of phenols is 1. The molecule has 1 unspecified atom stereocenters. The van der Waals surface area contributed by atoms with Crippen molar-refractivity contribution >= 4 is 16.9 Å². The molecule has 1 aromatic carbocycles. The van der Waals surface area contributed by atoms with Gasteiger partial charge in [0.05, 0.1) is 12.6 Å². The van der Waals surface area contributed by atoms with Crippen molar-refractivity contribution in [2.75, 3.05) is 7.11 Å². The fourth-order valence-corrected chi connectivity index (χ4v) is 1.58. The van der Waals surface area contributed by atoms with Crippen LogP contribution in [0.5, 0.6) is 5.75 Å². The van der Waals surface area contributed by atoms with E-state index in [-0.39, 0.29) is 5.75 Å². The van der Waals surface area contributed by atoms with Crippen LogP contribution in [0.3, 0.4) is 0 Å². The van der Waals surface area contributed by atoms with Crippen molar-refractivity contribution in [1.82, 2.24) is 4.98 Å². The SMILES string of the molecule is COC(=O)C(N)c1cc2cccc(O)c2[nH]1. The Morgan fingerprint density at radius 1 is 1.56 bits per heavy atom. The number of nitrogens with one attached hydrogen (secondary N) is 1. The van der Waals surface area contributed by atoms with Gasteiger partial charge >= 0.3 is 5.97 Å². The Kier molecular flexibility index (Phi) is 2.54. The molecule has 1 atom stereocenters. The highest BCUT2D eigenvalue weighted by Crippen LogP contribution is 2.26.